The van der Waals surface area contributed by atoms with Crippen molar-refractivity contribution in [2.75, 3.05) is 6.54 Å². The van der Waals surface area contributed by atoms with Gasteiger partial charge in [0.2, 0.25) is 5.76 Å². The van der Waals surface area contributed by atoms with E-state index in [1.54, 1.807) is 0 Å². The zero-order chi connectivity index (χ0) is 17.0. The van der Waals surface area contributed by atoms with Crippen molar-refractivity contribution in [1.29, 1.82) is 0 Å². The van der Waals surface area contributed by atoms with Crippen LogP contribution in [-0.4, -0.2) is 32.5 Å². The number of rotatable bonds is 3. The Hall–Kier alpha value is -2.63. The van der Waals surface area contributed by atoms with Gasteiger partial charge < -0.3 is 14.4 Å². The highest BCUT2D eigenvalue weighted by atomic mass is 16.5. The number of aromatic amines is 1. The van der Waals surface area contributed by atoms with Gasteiger partial charge in [-0.1, -0.05) is 11.2 Å². The zero-order valence-electron chi connectivity index (χ0n) is 14.2. The van der Waals surface area contributed by atoms with Crippen LogP contribution < -0.4 is 0 Å². The number of carbonyl (C=O) groups excluding carboxylic acids is 1. The molecule has 1 saturated heterocycles. The average Bonchev–Trinajstić information content (AvgIpc) is 3.05. The summed E-state index contributed by atoms with van der Waals surface area (Å²) >= 11 is 0. The lowest BCUT2D eigenvalue weighted by molar-refractivity contribution is 0.0688. The Labute approximate surface area is 145 Å². The average molecular weight is 336 g/mol. The minimum atomic E-state index is -0.0847. The number of H-pyrrole nitrogens is 1. The minimum absolute atomic E-state index is 0.0327. The smallest absolute Gasteiger partial charge is 0.293 e. The maximum absolute atomic E-state index is 12.9. The molecular weight excluding hydrogens is 316 g/mol. The van der Waals surface area contributed by atoms with Crippen molar-refractivity contribution < 1.29 is 9.32 Å². The highest BCUT2D eigenvalue weighted by Crippen LogP contribution is 2.40. The molecule has 2 aromatic heterocycles. The molecular formula is C19H20N4O2. The van der Waals surface area contributed by atoms with Crippen molar-refractivity contribution in [3.05, 3.63) is 47.1 Å². The molecule has 3 aromatic rings. The number of fused-ring (bicyclic) bond motifs is 1. The number of nitrogens with one attached hydrogen (secondary N) is 1. The van der Waals surface area contributed by atoms with Crippen molar-refractivity contribution >= 4 is 16.9 Å². The molecule has 1 atom stereocenters. The summed E-state index contributed by atoms with van der Waals surface area (Å²) in [7, 11) is 0. The monoisotopic (exact) mass is 336 g/mol. The van der Waals surface area contributed by atoms with Crippen LogP contribution in [0, 0.1) is 6.92 Å². The molecule has 128 valence electrons. The van der Waals surface area contributed by atoms with Gasteiger partial charge in [-0.25, -0.2) is 4.98 Å². The molecule has 1 unspecified atom stereocenters. The lowest BCUT2D eigenvalue weighted by Crippen LogP contribution is -2.30. The quantitative estimate of drug-likeness (QED) is 0.791. The minimum Gasteiger partial charge on any atom is -0.351 e. The Morgan fingerprint density at radius 2 is 2.16 bits per heavy atom. The standard InChI is InChI=1S/C19H20N4O2/c1-11-4-7-13-15(9-11)21-18(20-13)16-3-2-8-23(16)19(24)17-10-14(22-25-17)12-5-6-12/h4,7,9-10,12,16H,2-3,5-6,8H2,1H3,(H,20,21). The van der Waals surface area contributed by atoms with E-state index in [0.29, 0.717) is 11.7 Å². The highest BCUT2D eigenvalue weighted by molar-refractivity contribution is 5.92. The normalized spacial score (nSPS) is 20.5. The van der Waals surface area contributed by atoms with Gasteiger partial charge in [0.1, 0.15) is 5.82 Å². The van der Waals surface area contributed by atoms with E-state index < -0.39 is 0 Å². The van der Waals surface area contributed by atoms with Gasteiger partial charge in [0.15, 0.2) is 0 Å². The fourth-order valence-corrected chi connectivity index (χ4v) is 3.70. The Kier molecular flexibility index (Phi) is 3.20. The molecule has 1 saturated carbocycles. The number of aryl methyl sites for hydroxylation is 1. The Balaban J connectivity index is 1.44. The zero-order valence-corrected chi connectivity index (χ0v) is 14.2. The molecule has 5 rings (SSSR count). The van der Waals surface area contributed by atoms with Crippen LogP contribution in [0.3, 0.4) is 0 Å². The number of likely N-dealkylation sites (tertiary alicyclic amines) is 1. The molecule has 3 heterocycles. The number of carbonyl (C=O) groups is 1. The number of hydrogen-bond acceptors (Lipinski definition) is 4. The molecule has 0 radical (unpaired) electrons. The maximum Gasteiger partial charge on any atom is 0.293 e. The van der Waals surface area contributed by atoms with E-state index in [1.807, 2.05) is 17.0 Å². The van der Waals surface area contributed by atoms with Gasteiger partial charge in [-0.15, -0.1) is 0 Å². The van der Waals surface area contributed by atoms with Crippen molar-refractivity contribution in [3.8, 4) is 0 Å². The van der Waals surface area contributed by atoms with E-state index in [0.717, 1.165) is 54.8 Å². The third kappa shape index (κ3) is 2.52. The summed E-state index contributed by atoms with van der Waals surface area (Å²) < 4.78 is 5.33. The predicted octanol–water partition coefficient (Wildman–Crippen LogP) is 3.71. The summed E-state index contributed by atoms with van der Waals surface area (Å²) in [4.78, 5) is 22.9. The maximum atomic E-state index is 12.9. The van der Waals surface area contributed by atoms with E-state index >= 15 is 0 Å². The van der Waals surface area contributed by atoms with Crippen molar-refractivity contribution in [3.63, 3.8) is 0 Å². The Morgan fingerprint density at radius 1 is 1.28 bits per heavy atom. The molecule has 25 heavy (non-hydrogen) atoms. The molecule has 2 fully saturated rings. The first kappa shape index (κ1) is 14.7. The van der Waals surface area contributed by atoms with Gasteiger partial charge in [0, 0.05) is 18.5 Å². The van der Waals surface area contributed by atoms with Crippen LogP contribution in [0.5, 0.6) is 0 Å². The predicted molar refractivity (Wildman–Crippen MR) is 92.3 cm³/mol. The summed E-state index contributed by atoms with van der Waals surface area (Å²) in [5.41, 5.74) is 4.06. The Bertz CT molecular complexity index is 953. The van der Waals surface area contributed by atoms with E-state index in [-0.39, 0.29) is 11.9 Å². The van der Waals surface area contributed by atoms with Crippen LogP contribution >= 0.6 is 0 Å². The van der Waals surface area contributed by atoms with E-state index in [9.17, 15) is 4.79 Å². The fourth-order valence-electron chi connectivity index (χ4n) is 3.70. The number of imidazole rings is 1. The second kappa shape index (κ2) is 5.44. The molecule has 0 spiro atoms. The first-order valence-corrected chi connectivity index (χ1v) is 8.93. The SMILES string of the molecule is Cc1ccc2nc(C3CCCN3C(=O)c3cc(C4CC4)no3)[nH]c2c1. The summed E-state index contributed by atoms with van der Waals surface area (Å²) in [6.45, 7) is 2.78. The first-order chi connectivity index (χ1) is 12.2. The fraction of sp³-hybridized carbons (Fsp3) is 0.421. The van der Waals surface area contributed by atoms with Crippen LogP contribution in [0.15, 0.2) is 28.8 Å². The number of amides is 1. The van der Waals surface area contributed by atoms with E-state index in [2.05, 4.69) is 29.2 Å². The van der Waals surface area contributed by atoms with Gasteiger partial charge in [-0.3, -0.25) is 4.79 Å². The summed E-state index contributed by atoms with van der Waals surface area (Å²) in [6.07, 6.45) is 4.17. The molecule has 6 heteroatoms. The topological polar surface area (TPSA) is 75.0 Å². The number of benzene rings is 1. The molecule has 1 amide bonds. The van der Waals surface area contributed by atoms with Crippen molar-refractivity contribution in [2.45, 2.75) is 44.6 Å². The molecule has 1 N–H and O–H groups in total. The van der Waals surface area contributed by atoms with Crippen LogP contribution in [0.4, 0.5) is 0 Å². The Morgan fingerprint density at radius 3 is 3.00 bits per heavy atom. The van der Waals surface area contributed by atoms with Gasteiger partial charge in [-0.2, -0.15) is 0 Å². The number of hydrogen-bond donors (Lipinski definition) is 1. The van der Waals surface area contributed by atoms with Gasteiger partial charge >= 0.3 is 0 Å². The summed E-state index contributed by atoms with van der Waals surface area (Å²) in [6, 6.07) is 7.94. The lowest BCUT2D eigenvalue weighted by atomic mass is 10.2. The third-order valence-corrected chi connectivity index (χ3v) is 5.22. The number of aromatic nitrogens is 3. The first-order valence-electron chi connectivity index (χ1n) is 8.93. The molecule has 1 aliphatic carbocycles. The van der Waals surface area contributed by atoms with Crippen LogP contribution in [0.1, 0.15) is 65.3 Å². The largest absolute Gasteiger partial charge is 0.351 e. The second-order valence-corrected chi connectivity index (χ2v) is 7.19. The van der Waals surface area contributed by atoms with Gasteiger partial charge in [-0.05, 0) is 50.3 Å². The highest BCUT2D eigenvalue weighted by Gasteiger charge is 2.35. The molecule has 1 aliphatic heterocycles. The van der Waals surface area contributed by atoms with Gasteiger partial charge in [0.25, 0.3) is 5.91 Å². The molecule has 0 bridgehead atoms. The van der Waals surface area contributed by atoms with E-state index in [4.69, 9.17) is 9.51 Å². The molecule has 6 nitrogen and oxygen atoms in total. The lowest BCUT2D eigenvalue weighted by Gasteiger charge is -2.21. The number of nitrogens with zero attached hydrogens (tertiary/aromatic N) is 3. The van der Waals surface area contributed by atoms with Crippen molar-refractivity contribution in [2.24, 2.45) is 0 Å². The van der Waals surface area contributed by atoms with Crippen LogP contribution in [0.25, 0.3) is 11.0 Å². The third-order valence-electron chi connectivity index (χ3n) is 5.22. The second-order valence-electron chi connectivity index (χ2n) is 7.19. The molecule has 1 aromatic carbocycles. The molecule has 2 aliphatic rings. The summed E-state index contributed by atoms with van der Waals surface area (Å²) in [5.74, 6) is 1.60. The van der Waals surface area contributed by atoms with Gasteiger partial charge in [0.05, 0.1) is 22.8 Å². The van der Waals surface area contributed by atoms with Crippen molar-refractivity contribution in [1.82, 2.24) is 20.0 Å². The van der Waals surface area contributed by atoms with E-state index in [1.165, 1.54) is 5.56 Å². The van der Waals surface area contributed by atoms with Crippen LogP contribution in [0.2, 0.25) is 0 Å². The van der Waals surface area contributed by atoms with Crippen LogP contribution in [-0.2, 0) is 0 Å². The summed E-state index contributed by atoms with van der Waals surface area (Å²) in [5, 5.41) is 4.07.